The maximum atomic E-state index is 10.8. The monoisotopic (exact) mass is 206 g/mol. The minimum absolute atomic E-state index is 0.461. The van der Waals surface area contributed by atoms with Crippen LogP contribution in [0.25, 0.3) is 0 Å². The number of carbonyl (C=O) groups is 2. The molecule has 0 saturated heterocycles. The Balaban J connectivity index is 2.94. The third-order valence-electron chi connectivity index (χ3n) is 1.89. The molecular weight excluding hydrogens is 195 g/mol. The van der Waals surface area contributed by atoms with E-state index in [1.54, 1.807) is 24.3 Å². The number of carboxylic acids is 1. The first-order valence-corrected chi connectivity index (χ1v) is 4.47. The van der Waals surface area contributed by atoms with Gasteiger partial charge in [-0.1, -0.05) is 29.7 Å². The molecule has 15 heavy (non-hydrogen) atoms. The molecule has 1 aromatic carbocycles. The summed E-state index contributed by atoms with van der Waals surface area (Å²) in [6.45, 7) is 1.18. The minimum Gasteiger partial charge on any atom is -0.478 e. The standard InChI is InChI=1S/C10H11BO4/c1-6(12)15-9(10(13)14)7-2-4-8(11)5-3-7/h2-5,9H,11H2,1H3,(H,13,14). The van der Waals surface area contributed by atoms with Crippen LogP contribution in [0.15, 0.2) is 24.3 Å². The van der Waals surface area contributed by atoms with E-state index in [2.05, 4.69) is 0 Å². The van der Waals surface area contributed by atoms with E-state index >= 15 is 0 Å². The molecule has 0 saturated carbocycles. The van der Waals surface area contributed by atoms with E-state index in [9.17, 15) is 9.59 Å². The van der Waals surface area contributed by atoms with Crippen LogP contribution in [-0.2, 0) is 14.3 Å². The van der Waals surface area contributed by atoms with Crippen LogP contribution in [0.2, 0.25) is 0 Å². The van der Waals surface area contributed by atoms with E-state index in [1.807, 2.05) is 7.85 Å². The van der Waals surface area contributed by atoms with Crippen LogP contribution in [0.1, 0.15) is 18.6 Å². The number of benzene rings is 1. The van der Waals surface area contributed by atoms with Crippen LogP contribution in [0.4, 0.5) is 0 Å². The fourth-order valence-electron chi connectivity index (χ4n) is 1.17. The van der Waals surface area contributed by atoms with E-state index < -0.39 is 18.0 Å². The lowest BCUT2D eigenvalue weighted by atomic mass is 9.94. The second kappa shape index (κ2) is 4.64. The van der Waals surface area contributed by atoms with Crippen molar-refractivity contribution in [3.8, 4) is 0 Å². The fourth-order valence-corrected chi connectivity index (χ4v) is 1.17. The first-order valence-electron chi connectivity index (χ1n) is 4.47. The van der Waals surface area contributed by atoms with Crippen LogP contribution in [0, 0.1) is 0 Å². The van der Waals surface area contributed by atoms with E-state index in [0.717, 1.165) is 5.46 Å². The van der Waals surface area contributed by atoms with Gasteiger partial charge in [0.25, 0.3) is 0 Å². The molecule has 0 aliphatic rings. The number of aliphatic carboxylic acids is 1. The van der Waals surface area contributed by atoms with Crippen molar-refractivity contribution in [2.75, 3.05) is 0 Å². The molecular formula is C10H11BO4. The maximum Gasteiger partial charge on any atom is 0.349 e. The summed E-state index contributed by atoms with van der Waals surface area (Å²) < 4.78 is 4.70. The molecule has 4 nitrogen and oxygen atoms in total. The Labute approximate surface area is 88.3 Å². The molecule has 0 bridgehead atoms. The average Bonchev–Trinajstić information content (AvgIpc) is 2.15. The summed E-state index contributed by atoms with van der Waals surface area (Å²) in [6.07, 6.45) is -1.22. The van der Waals surface area contributed by atoms with Gasteiger partial charge in [0.2, 0.25) is 6.10 Å². The van der Waals surface area contributed by atoms with Gasteiger partial charge in [0, 0.05) is 12.5 Å². The second-order valence-corrected chi connectivity index (χ2v) is 3.24. The minimum atomic E-state index is -1.22. The molecule has 0 aliphatic carbocycles. The predicted molar refractivity (Wildman–Crippen MR) is 56.8 cm³/mol. The molecule has 0 spiro atoms. The molecule has 5 heteroatoms. The zero-order valence-corrected chi connectivity index (χ0v) is 8.56. The van der Waals surface area contributed by atoms with Crippen LogP contribution in [0.5, 0.6) is 0 Å². The normalized spacial score (nSPS) is 11.8. The van der Waals surface area contributed by atoms with E-state index in [4.69, 9.17) is 9.84 Å². The number of rotatable bonds is 3. The van der Waals surface area contributed by atoms with Crippen LogP contribution < -0.4 is 5.46 Å². The zero-order chi connectivity index (χ0) is 11.4. The summed E-state index contributed by atoms with van der Waals surface area (Å²) in [7, 11) is 1.89. The molecule has 1 aromatic rings. The maximum absolute atomic E-state index is 10.8. The van der Waals surface area contributed by atoms with Crippen LogP contribution in [0.3, 0.4) is 0 Å². The van der Waals surface area contributed by atoms with Crippen molar-refractivity contribution in [1.82, 2.24) is 0 Å². The Bertz CT molecular complexity index is 372. The molecule has 0 aliphatic heterocycles. The zero-order valence-electron chi connectivity index (χ0n) is 8.56. The lowest BCUT2D eigenvalue weighted by Crippen LogP contribution is -2.18. The summed E-state index contributed by atoms with van der Waals surface area (Å²) >= 11 is 0. The van der Waals surface area contributed by atoms with Crippen LogP contribution >= 0.6 is 0 Å². The molecule has 78 valence electrons. The highest BCUT2D eigenvalue weighted by Gasteiger charge is 2.22. The van der Waals surface area contributed by atoms with Crippen molar-refractivity contribution in [1.29, 1.82) is 0 Å². The topological polar surface area (TPSA) is 63.6 Å². The molecule has 0 heterocycles. The number of carboxylic acid groups (broad SMARTS) is 1. The van der Waals surface area contributed by atoms with E-state index in [-0.39, 0.29) is 0 Å². The Morgan fingerprint density at radius 3 is 2.27 bits per heavy atom. The molecule has 0 amide bonds. The van der Waals surface area contributed by atoms with Crippen molar-refractivity contribution < 1.29 is 19.4 Å². The Morgan fingerprint density at radius 2 is 1.87 bits per heavy atom. The average molecular weight is 206 g/mol. The van der Waals surface area contributed by atoms with Gasteiger partial charge in [-0.05, 0) is 0 Å². The summed E-state index contributed by atoms with van der Waals surface area (Å²) in [4.78, 5) is 21.6. The number of carbonyl (C=O) groups excluding carboxylic acids is 1. The molecule has 0 aromatic heterocycles. The van der Waals surface area contributed by atoms with Crippen molar-refractivity contribution in [3.05, 3.63) is 29.8 Å². The molecule has 0 radical (unpaired) electrons. The van der Waals surface area contributed by atoms with Crippen molar-refractivity contribution in [3.63, 3.8) is 0 Å². The molecule has 1 N–H and O–H groups in total. The Kier molecular flexibility index (Phi) is 3.49. The summed E-state index contributed by atoms with van der Waals surface area (Å²) in [5.74, 6) is -1.78. The fraction of sp³-hybridized carbons (Fsp3) is 0.200. The summed E-state index contributed by atoms with van der Waals surface area (Å²) in [5.41, 5.74) is 1.48. The summed E-state index contributed by atoms with van der Waals surface area (Å²) in [6, 6.07) is 6.82. The first kappa shape index (κ1) is 11.3. The molecule has 0 fully saturated rings. The van der Waals surface area contributed by atoms with Crippen molar-refractivity contribution >= 4 is 25.2 Å². The number of ether oxygens (including phenoxy) is 1. The highest BCUT2D eigenvalue weighted by Crippen LogP contribution is 2.16. The predicted octanol–water partition coefficient (Wildman–Crippen LogP) is -0.366. The Hall–Kier alpha value is -1.78. The van der Waals surface area contributed by atoms with Gasteiger partial charge in [0.1, 0.15) is 7.85 Å². The van der Waals surface area contributed by atoms with Gasteiger partial charge >= 0.3 is 11.9 Å². The highest BCUT2D eigenvalue weighted by molar-refractivity contribution is 6.32. The highest BCUT2D eigenvalue weighted by atomic mass is 16.6. The van der Waals surface area contributed by atoms with Crippen molar-refractivity contribution in [2.24, 2.45) is 0 Å². The van der Waals surface area contributed by atoms with Gasteiger partial charge in [-0.15, -0.1) is 0 Å². The third-order valence-corrected chi connectivity index (χ3v) is 1.89. The van der Waals surface area contributed by atoms with Gasteiger partial charge in [-0.2, -0.15) is 0 Å². The third kappa shape index (κ3) is 3.12. The van der Waals surface area contributed by atoms with Crippen molar-refractivity contribution in [2.45, 2.75) is 13.0 Å². The van der Waals surface area contributed by atoms with E-state index in [0.29, 0.717) is 5.56 Å². The van der Waals surface area contributed by atoms with E-state index in [1.165, 1.54) is 6.92 Å². The number of esters is 1. The molecule has 1 rings (SSSR count). The lowest BCUT2D eigenvalue weighted by molar-refractivity contribution is -0.163. The van der Waals surface area contributed by atoms with Gasteiger partial charge in [-0.3, -0.25) is 4.79 Å². The van der Waals surface area contributed by atoms with Crippen LogP contribution in [-0.4, -0.2) is 24.9 Å². The number of hydrogen-bond donors (Lipinski definition) is 1. The Morgan fingerprint density at radius 1 is 1.33 bits per heavy atom. The van der Waals surface area contributed by atoms with Gasteiger partial charge in [-0.25, -0.2) is 4.79 Å². The largest absolute Gasteiger partial charge is 0.478 e. The smallest absolute Gasteiger partial charge is 0.349 e. The van der Waals surface area contributed by atoms with Gasteiger partial charge < -0.3 is 9.84 Å². The van der Waals surface area contributed by atoms with Gasteiger partial charge in [0.05, 0.1) is 0 Å². The molecule has 1 unspecified atom stereocenters. The number of hydrogen-bond acceptors (Lipinski definition) is 3. The summed E-state index contributed by atoms with van der Waals surface area (Å²) in [5, 5.41) is 8.87. The van der Waals surface area contributed by atoms with Gasteiger partial charge in [0.15, 0.2) is 0 Å². The lowest BCUT2D eigenvalue weighted by Gasteiger charge is -2.12. The molecule has 1 atom stereocenters. The first-order chi connectivity index (χ1) is 7.00. The second-order valence-electron chi connectivity index (χ2n) is 3.24. The SMILES string of the molecule is Bc1ccc(C(OC(C)=O)C(=O)O)cc1. The quantitative estimate of drug-likeness (QED) is 0.541.